The first-order valence-corrected chi connectivity index (χ1v) is 10.7. The predicted molar refractivity (Wildman–Crippen MR) is 109 cm³/mol. The summed E-state index contributed by atoms with van der Waals surface area (Å²) in [5.74, 6) is 0. The van der Waals surface area contributed by atoms with Crippen LogP contribution in [-0.4, -0.2) is 18.2 Å². The lowest BCUT2D eigenvalue weighted by Crippen LogP contribution is -2.13. The highest BCUT2D eigenvalue weighted by Gasteiger charge is 2.25. The van der Waals surface area contributed by atoms with Crippen LogP contribution in [0.15, 0.2) is 83.2 Å². The van der Waals surface area contributed by atoms with E-state index in [-0.39, 0.29) is 4.90 Å². The molecule has 0 atom stereocenters. The van der Waals surface area contributed by atoms with Gasteiger partial charge in [0.25, 0.3) is 10.0 Å². The zero-order chi connectivity index (χ0) is 18.9. The third-order valence-electron chi connectivity index (χ3n) is 3.82. The number of hydrogen-bond acceptors (Lipinski definition) is 4. The van der Waals surface area contributed by atoms with Crippen molar-refractivity contribution in [2.45, 2.75) is 4.90 Å². The van der Waals surface area contributed by atoms with E-state index in [1.54, 1.807) is 28.9 Å². The van der Waals surface area contributed by atoms with Crippen molar-refractivity contribution in [3.63, 3.8) is 0 Å². The minimum atomic E-state index is -3.86. The molecule has 2 heterocycles. The van der Waals surface area contributed by atoms with E-state index in [2.05, 4.69) is 9.82 Å². The molecule has 27 heavy (non-hydrogen) atoms. The molecule has 8 heteroatoms. The number of para-hydroxylation sites is 1. The maximum atomic E-state index is 13.1. The monoisotopic (exact) mass is 415 g/mol. The fourth-order valence-corrected chi connectivity index (χ4v) is 4.78. The standard InChI is InChI=1S/C19H14ClN3O2S2/c20-14-6-4-7-15(12-14)22-27(24,25)18-13-23(16-8-2-1-3-9-16)21-19(18)17-10-5-11-26-17/h1-13,22H. The number of sulfonamides is 1. The van der Waals surface area contributed by atoms with Crippen LogP contribution in [0.3, 0.4) is 0 Å². The molecule has 5 nitrogen and oxygen atoms in total. The number of aromatic nitrogens is 2. The van der Waals surface area contributed by atoms with E-state index < -0.39 is 10.0 Å². The zero-order valence-corrected chi connectivity index (χ0v) is 16.3. The molecule has 0 aliphatic carbocycles. The van der Waals surface area contributed by atoms with Crippen LogP contribution in [0.4, 0.5) is 5.69 Å². The molecule has 0 bridgehead atoms. The highest BCUT2D eigenvalue weighted by Crippen LogP contribution is 2.32. The zero-order valence-electron chi connectivity index (χ0n) is 13.9. The Balaban J connectivity index is 1.82. The van der Waals surface area contributed by atoms with Gasteiger partial charge in [-0.15, -0.1) is 11.3 Å². The van der Waals surface area contributed by atoms with Crippen LogP contribution in [0.1, 0.15) is 0 Å². The summed E-state index contributed by atoms with van der Waals surface area (Å²) in [6, 6.07) is 19.7. The van der Waals surface area contributed by atoms with Crippen molar-refractivity contribution >= 4 is 38.6 Å². The van der Waals surface area contributed by atoms with Crippen LogP contribution < -0.4 is 4.72 Å². The first kappa shape index (κ1) is 17.8. The SMILES string of the molecule is O=S(=O)(Nc1cccc(Cl)c1)c1cn(-c2ccccc2)nc1-c1cccs1. The minimum Gasteiger partial charge on any atom is -0.279 e. The van der Waals surface area contributed by atoms with Gasteiger partial charge in [0.15, 0.2) is 0 Å². The molecule has 4 aromatic rings. The number of halogens is 1. The molecule has 0 spiro atoms. The van der Waals surface area contributed by atoms with E-state index in [4.69, 9.17) is 11.6 Å². The smallest absolute Gasteiger partial charge is 0.265 e. The maximum absolute atomic E-state index is 13.1. The Morgan fingerprint density at radius 2 is 1.81 bits per heavy atom. The van der Waals surface area contributed by atoms with Gasteiger partial charge < -0.3 is 0 Å². The average Bonchev–Trinajstić information content (AvgIpc) is 3.32. The third-order valence-corrected chi connectivity index (χ3v) is 6.32. The van der Waals surface area contributed by atoms with E-state index in [1.165, 1.54) is 17.5 Å². The van der Waals surface area contributed by atoms with Crippen molar-refractivity contribution in [3.8, 4) is 16.3 Å². The molecule has 0 radical (unpaired) electrons. The van der Waals surface area contributed by atoms with Gasteiger partial charge in [0, 0.05) is 5.02 Å². The number of hydrogen-bond donors (Lipinski definition) is 1. The molecule has 0 saturated heterocycles. The van der Waals surface area contributed by atoms with E-state index >= 15 is 0 Å². The summed E-state index contributed by atoms with van der Waals surface area (Å²) < 4.78 is 30.3. The Kier molecular flexibility index (Phi) is 4.73. The molecular formula is C19H14ClN3O2S2. The normalized spacial score (nSPS) is 11.4. The highest BCUT2D eigenvalue weighted by atomic mass is 35.5. The molecule has 136 valence electrons. The second kappa shape index (κ2) is 7.19. The van der Waals surface area contributed by atoms with Gasteiger partial charge in [0.2, 0.25) is 0 Å². The Bertz CT molecular complexity index is 1170. The van der Waals surface area contributed by atoms with Crippen molar-refractivity contribution in [2.24, 2.45) is 0 Å². The minimum absolute atomic E-state index is 0.105. The van der Waals surface area contributed by atoms with Crippen molar-refractivity contribution in [2.75, 3.05) is 4.72 Å². The second-order valence-electron chi connectivity index (χ2n) is 5.72. The molecule has 0 aliphatic rings. The lowest BCUT2D eigenvalue weighted by atomic mass is 10.3. The fourth-order valence-electron chi connectivity index (χ4n) is 2.61. The first-order chi connectivity index (χ1) is 13.0. The van der Waals surface area contributed by atoms with Gasteiger partial charge in [0.05, 0.1) is 22.4 Å². The van der Waals surface area contributed by atoms with E-state index in [0.29, 0.717) is 16.4 Å². The Morgan fingerprint density at radius 3 is 2.52 bits per heavy atom. The summed E-state index contributed by atoms with van der Waals surface area (Å²) >= 11 is 7.40. The molecule has 2 aromatic carbocycles. The maximum Gasteiger partial charge on any atom is 0.265 e. The third kappa shape index (κ3) is 3.75. The van der Waals surface area contributed by atoms with Gasteiger partial charge in [0.1, 0.15) is 10.6 Å². The molecule has 0 unspecified atom stereocenters. The van der Waals surface area contributed by atoms with E-state index in [0.717, 1.165) is 10.6 Å². The van der Waals surface area contributed by atoms with Crippen LogP contribution in [-0.2, 0) is 10.0 Å². The summed E-state index contributed by atoms with van der Waals surface area (Å²) in [5, 5.41) is 6.87. The topological polar surface area (TPSA) is 64.0 Å². The van der Waals surface area contributed by atoms with Crippen LogP contribution in [0.5, 0.6) is 0 Å². The van der Waals surface area contributed by atoms with Crippen LogP contribution in [0.25, 0.3) is 16.3 Å². The summed E-state index contributed by atoms with van der Waals surface area (Å²) in [5.41, 5.74) is 1.58. The van der Waals surface area contributed by atoms with E-state index in [9.17, 15) is 8.42 Å². The Morgan fingerprint density at radius 1 is 1.00 bits per heavy atom. The number of benzene rings is 2. The molecule has 0 aliphatic heterocycles. The summed E-state index contributed by atoms with van der Waals surface area (Å²) in [4.78, 5) is 0.880. The van der Waals surface area contributed by atoms with Gasteiger partial charge in [-0.3, -0.25) is 4.72 Å². The van der Waals surface area contributed by atoms with Gasteiger partial charge >= 0.3 is 0 Å². The molecule has 0 amide bonds. The van der Waals surface area contributed by atoms with Gasteiger partial charge in [-0.2, -0.15) is 5.10 Å². The van der Waals surface area contributed by atoms with Gasteiger partial charge in [-0.05, 0) is 41.8 Å². The van der Waals surface area contributed by atoms with Crippen molar-refractivity contribution in [1.29, 1.82) is 0 Å². The highest BCUT2D eigenvalue weighted by molar-refractivity contribution is 7.92. The Labute approximate surface area is 165 Å². The van der Waals surface area contributed by atoms with Gasteiger partial charge in [-0.1, -0.05) is 41.9 Å². The molecule has 0 saturated carbocycles. The average molecular weight is 416 g/mol. The van der Waals surface area contributed by atoms with Crippen molar-refractivity contribution in [1.82, 2.24) is 9.78 Å². The predicted octanol–water partition coefficient (Wildman–Crippen LogP) is 5.06. The number of rotatable bonds is 5. The fraction of sp³-hybridized carbons (Fsp3) is 0. The lowest BCUT2D eigenvalue weighted by Gasteiger charge is -2.07. The van der Waals surface area contributed by atoms with Crippen molar-refractivity contribution in [3.05, 3.63) is 83.3 Å². The lowest BCUT2D eigenvalue weighted by molar-refractivity contribution is 0.601. The van der Waals surface area contributed by atoms with Crippen molar-refractivity contribution < 1.29 is 8.42 Å². The number of anilines is 1. The number of thiophene rings is 1. The summed E-state index contributed by atoms with van der Waals surface area (Å²) in [7, 11) is -3.86. The molecule has 4 rings (SSSR count). The summed E-state index contributed by atoms with van der Waals surface area (Å²) in [6.07, 6.45) is 1.53. The number of nitrogens with zero attached hydrogens (tertiary/aromatic N) is 2. The number of nitrogens with one attached hydrogen (secondary N) is 1. The largest absolute Gasteiger partial charge is 0.279 e. The van der Waals surface area contributed by atoms with Crippen LogP contribution >= 0.6 is 22.9 Å². The molecular weight excluding hydrogens is 402 g/mol. The molecule has 0 fully saturated rings. The van der Waals surface area contributed by atoms with Crippen LogP contribution in [0.2, 0.25) is 5.02 Å². The molecule has 2 aromatic heterocycles. The van der Waals surface area contributed by atoms with Crippen LogP contribution in [0, 0.1) is 0 Å². The summed E-state index contributed by atoms with van der Waals surface area (Å²) in [6.45, 7) is 0. The van der Waals surface area contributed by atoms with E-state index in [1.807, 2.05) is 47.8 Å². The molecule has 1 N–H and O–H groups in total. The second-order valence-corrected chi connectivity index (χ2v) is 8.75. The Hall–Kier alpha value is -2.61. The quantitative estimate of drug-likeness (QED) is 0.495. The first-order valence-electron chi connectivity index (χ1n) is 8.00. The van der Waals surface area contributed by atoms with Gasteiger partial charge in [-0.25, -0.2) is 13.1 Å².